The smallest absolute Gasteiger partial charge is 0.241 e. The van der Waals surface area contributed by atoms with Crippen molar-refractivity contribution in [3.05, 3.63) is 0 Å². The van der Waals surface area contributed by atoms with Crippen molar-refractivity contribution >= 4 is 11.8 Å². The van der Waals surface area contributed by atoms with E-state index in [0.29, 0.717) is 18.9 Å². The van der Waals surface area contributed by atoms with Gasteiger partial charge >= 0.3 is 0 Å². The Hall–Kier alpha value is -1.10. The summed E-state index contributed by atoms with van der Waals surface area (Å²) in [5.74, 6) is 0.477. The first kappa shape index (κ1) is 15.0. The number of nitrogens with zero attached hydrogens (tertiary/aromatic N) is 2. The number of carbonyl (C=O) groups excluding carboxylic acids is 2. The van der Waals surface area contributed by atoms with Crippen LogP contribution in [0.4, 0.5) is 0 Å². The minimum atomic E-state index is -0.0446. The number of rotatable bonds is 7. The standard InChI is InChI=1S/C13H25N3O2/c1-4-7-16(9-13(18)15(2)3)12(17)8-11(14)10-5-6-10/h10-11H,4-9,14H2,1-3H3. The van der Waals surface area contributed by atoms with Crippen LogP contribution < -0.4 is 5.73 Å². The summed E-state index contributed by atoms with van der Waals surface area (Å²) in [7, 11) is 3.40. The number of hydrogen-bond acceptors (Lipinski definition) is 3. The van der Waals surface area contributed by atoms with Gasteiger partial charge in [0.2, 0.25) is 11.8 Å². The van der Waals surface area contributed by atoms with E-state index >= 15 is 0 Å². The first-order valence-electron chi connectivity index (χ1n) is 6.69. The van der Waals surface area contributed by atoms with Crippen molar-refractivity contribution in [1.29, 1.82) is 0 Å². The molecule has 0 aromatic carbocycles. The summed E-state index contributed by atoms with van der Waals surface area (Å²) in [6, 6.07) is -0.0358. The van der Waals surface area contributed by atoms with Crippen LogP contribution in [0.2, 0.25) is 0 Å². The fraction of sp³-hybridized carbons (Fsp3) is 0.846. The summed E-state index contributed by atoms with van der Waals surface area (Å²) in [6.45, 7) is 2.79. The molecule has 0 aliphatic heterocycles. The van der Waals surface area contributed by atoms with Crippen LogP contribution in [0.1, 0.15) is 32.6 Å². The molecular formula is C13H25N3O2. The van der Waals surface area contributed by atoms with Gasteiger partial charge in [0.25, 0.3) is 0 Å². The van der Waals surface area contributed by atoms with Gasteiger partial charge in [-0.3, -0.25) is 9.59 Å². The van der Waals surface area contributed by atoms with Crippen molar-refractivity contribution in [3.8, 4) is 0 Å². The van der Waals surface area contributed by atoms with Gasteiger partial charge in [-0.1, -0.05) is 6.92 Å². The van der Waals surface area contributed by atoms with Crippen LogP contribution in [0, 0.1) is 5.92 Å². The largest absolute Gasteiger partial charge is 0.347 e. The van der Waals surface area contributed by atoms with E-state index in [9.17, 15) is 9.59 Å². The van der Waals surface area contributed by atoms with Gasteiger partial charge in [0.15, 0.2) is 0 Å². The molecule has 0 aromatic rings. The van der Waals surface area contributed by atoms with Crippen molar-refractivity contribution in [3.63, 3.8) is 0 Å². The van der Waals surface area contributed by atoms with E-state index in [-0.39, 0.29) is 24.4 Å². The van der Waals surface area contributed by atoms with Crippen molar-refractivity contribution < 1.29 is 9.59 Å². The molecule has 1 unspecified atom stereocenters. The monoisotopic (exact) mass is 255 g/mol. The zero-order valence-corrected chi connectivity index (χ0v) is 11.7. The molecule has 18 heavy (non-hydrogen) atoms. The first-order valence-corrected chi connectivity index (χ1v) is 6.69. The second-order valence-corrected chi connectivity index (χ2v) is 5.31. The molecule has 2 N–H and O–H groups in total. The number of amides is 2. The Morgan fingerprint density at radius 3 is 2.33 bits per heavy atom. The van der Waals surface area contributed by atoms with Crippen LogP contribution in [0.3, 0.4) is 0 Å². The molecule has 0 saturated heterocycles. The fourth-order valence-corrected chi connectivity index (χ4v) is 1.89. The molecule has 0 aromatic heterocycles. The second-order valence-electron chi connectivity index (χ2n) is 5.31. The molecule has 1 aliphatic rings. The minimum Gasteiger partial charge on any atom is -0.347 e. The molecular weight excluding hydrogens is 230 g/mol. The lowest BCUT2D eigenvalue weighted by atomic mass is 10.1. The highest BCUT2D eigenvalue weighted by Crippen LogP contribution is 2.32. The van der Waals surface area contributed by atoms with Crippen LogP contribution in [0.25, 0.3) is 0 Å². The highest BCUT2D eigenvalue weighted by atomic mass is 16.2. The first-order chi connectivity index (χ1) is 8.45. The third kappa shape index (κ3) is 4.64. The lowest BCUT2D eigenvalue weighted by Crippen LogP contribution is -2.43. The van der Waals surface area contributed by atoms with E-state index in [1.54, 1.807) is 19.0 Å². The van der Waals surface area contributed by atoms with Gasteiger partial charge in [0.1, 0.15) is 0 Å². The number of hydrogen-bond donors (Lipinski definition) is 1. The Kier molecular flexibility index (Phi) is 5.59. The molecule has 5 nitrogen and oxygen atoms in total. The van der Waals surface area contributed by atoms with Crippen molar-refractivity contribution in [2.45, 2.75) is 38.6 Å². The summed E-state index contributed by atoms with van der Waals surface area (Å²) < 4.78 is 0. The average molecular weight is 255 g/mol. The average Bonchev–Trinajstić information content (AvgIpc) is 3.11. The highest BCUT2D eigenvalue weighted by molar-refractivity contribution is 5.84. The molecule has 0 bridgehead atoms. The van der Waals surface area contributed by atoms with Gasteiger partial charge in [0, 0.05) is 33.1 Å². The normalized spacial score (nSPS) is 16.2. The summed E-state index contributed by atoms with van der Waals surface area (Å²) in [5.41, 5.74) is 5.96. The molecule has 1 rings (SSSR count). The molecule has 1 fully saturated rings. The van der Waals surface area contributed by atoms with Crippen molar-refractivity contribution in [1.82, 2.24) is 9.80 Å². The van der Waals surface area contributed by atoms with E-state index in [2.05, 4.69) is 0 Å². The SMILES string of the molecule is CCCN(CC(=O)N(C)C)C(=O)CC(N)C1CC1. The van der Waals surface area contributed by atoms with Crippen LogP contribution in [-0.4, -0.2) is 54.8 Å². The van der Waals surface area contributed by atoms with Crippen LogP contribution in [0.15, 0.2) is 0 Å². The Morgan fingerprint density at radius 1 is 1.28 bits per heavy atom. The summed E-state index contributed by atoms with van der Waals surface area (Å²) in [5, 5.41) is 0. The van der Waals surface area contributed by atoms with E-state index < -0.39 is 0 Å². The van der Waals surface area contributed by atoms with Crippen LogP contribution in [0.5, 0.6) is 0 Å². The zero-order chi connectivity index (χ0) is 13.7. The molecule has 5 heteroatoms. The molecule has 1 saturated carbocycles. The molecule has 2 amide bonds. The fourth-order valence-electron chi connectivity index (χ4n) is 1.89. The van der Waals surface area contributed by atoms with Crippen molar-refractivity contribution in [2.75, 3.05) is 27.2 Å². The maximum atomic E-state index is 12.1. The van der Waals surface area contributed by atoms with Gasteiger partial charge < -0.3 is 15.5 Å². The van der Waals surface area contributed by atoms with Gasteiger partial charge in [-0.2, -0.15) is 0 Å². The topological polar surface area (TPSA) is 66.6 Å². The minimum absolute atomic E-state index is 0.00597. The predicted octanol–water partition coefficient (Wildman–Crippen LogP) is 0.441. The van der Waals surface area contributed by atoms with Crippen LogP contribution in [-0.2, 0) is 9.59 Å². The van der Waals surface area contributed by atoms with Gasteiger partial charge in [0.05, 0.1) is 6.54 Å². The molecule has 0 heterocycles. The number of nitrogens with two attached hydrogens (primary N) is 1. The Labute approximate surface area is 109 Å². The maximum absolute atomic E-state index is 12.1. The third-order valence-electron chi connectivity index (χ3n) is 3.31. The van der Waals surface area contributed by atoms with E-state index in [1.807, 2.05) is 6.92 Å². The van der Waals surface area contributed by atoms with Crippen LogP contribution >= 0.6 is 0 Å². The number of likely N-dealkylation sites (N-methyl/N-ethyl adjacent to an activating group) is 1. The molecule has 1 atom stereocenters. The second kappa shape index (κ2) is 6.73. The summed E-state index contributed by atoms with van der Waals surface area (Å²) in [4.78, 5) is 26.9. The van der Waals surface area contributed by atoms with Gasteiger partial charge in [-0.05, 0) is 25.2 Å². The third-order valence-corrected chi connectivity index (χ3v) is 3.31. The lowest BCUT2D eigenvalue weighted by molar-refractivity contribution is -0.139. The molecule has 104 valence electrons. The Bertz CT molecular complexity index is 301. The molecule has 0 spiro atoms. The Balaban J connectivity index is 2.48. The van der Waals surface area contributed by atoms with E-state index in [1.165, 1.54) is 4.90 Å². The number of carbonyl (C=O) groups is 2. The maximum Gasteiger partial charge on any atom is 0.241 e. The van der Waals surface area contributed by atoms with E-state index in [0.717, 1.165) is 19.3 Å². The molecule has 0 radical (unpaired) electrons. The Morgan fingerprint density at radius 2 is 1.89 bits per heavy atom. The highest BCUT2D eigenvalue weighted by Gasteiger charge is 2.31. The zero-order valence-electron chi connectivity index (χ0n) is 11.7. The van der Waals surface area contributed by atoms with Gasteiger partial charge in [-0.15, -0.1) is 0 Å². The van der Waals surface area contributed by atoms with E-state index in [4.69, 9.17) is 5.73 Å². The summed E-state index contributed by atoms with van der Waals surface area (Å²) in [6.07, 6.45) is 3.49. The lowest BCUT2D eigenvalue weighted by Gasteiger charge is -2.24. The van der Waals surface area contributed by atoms with Crippen molar-refractivity contribution in [2.24, 2.45) is 11.7 Å². The predicted molar refractivity (Wildman–Crippen MR) is 70.9 cm³/mol. The molecule has 1 aliphatic carbocycles. The summed E-state index contributed by atoms with van der Waals surface area (Å²) >= 11 is 0. The quantitative estimate of drug-likeness (QED) is 0.718. The van der Waals surface area contributed by atoms with Gasteiger partial charge in [-0.25, -0.2) is 0 Å².